The summed E-state index contributed by atoms with van der Waals surface area (Å²) in [4.78, 5) is 9.17. The first-order valence-electron chi connectivity index (χ1n) is 9.24. The SMILES string of the molecule is CCCCCCCCP(=O)(CCCCCCCC)C[P+](=O)O. The second-order valence-corrected chi connectivity index (χ2v) is 11.4. The summed E-state index contributed by atoms with van der Waals surface area (Å²) in [7, 11) is -4.68. The van der Waals surface area contributed by atoms with Crippen molar-refractivity contribution in [1.82, 2.24) is 0 Å². The van der Waals surface area contributed by atoms with Gasteiger partial charge < -0.3 is 4.57 Å². The van der Waals surface area contributed by atoms with Crippen LogP contribution in [-0.4, -0.2) is 23.1 Å². The van der Waals surface area contributed by atoms with Crippen molar-refractivity contribution in [3.8, 4) is 0 Å². The number of hydrogen-bond acceptors (Lipinski definition) is 2. The van der Waals surface area contributed by atoms with Crippen LogP contribution in [0.1, 0.15) is 90.9 Å². The van der Waals surface area contributed by atoms with E-state index in [4.69, 9.17) is 0 Å². The summed E-state index contributed by atoms with van der Waals surface area (Å²) in [5.74, 6) is 0.0479. The zero-order chi connectivity index (χ0) is 16.7. The lowest BCUT2D eigenvalue weighted by Gasteiger charge is -2.13. The first-order chi connectivity index (χ1) is 10.5. The van der Waals surface area contributed by atoms with E-state index < -0.39 is 15.2 Å². The van der Waals surface area contributed by atoms with Gasteiger partial charge in [-0.25, -0.2) is 0 Å². The second-order valence-electron chi connectivity index (χ2n) is 6.53. The first-order valence-corrected chi connectivity index (χ1v) is 12.9. The highest BCUT2D eigenvalue weighted by molar-refractivity contribution is 7.72. The molecule has 0 aliphatic carbocycles. The normalized spacial score (nSPS) is 12.6. The Morgan fingerprint density at radius 2 is 1.09 bits per heavy atom. The molecule has 0 saturated carbocycles. The van der Waals surface area contributed by atoms with Crippen LogP contribution < -0.4 is 0 Å². The summed E-state index contributed by atoms with van der Waals surface area (Å²) in [6, 6.07) is 0. The van der Waals surface area contributed by atoms with Gasteiger partial charge in [0.25, 0.3) is 0 Å². The van der Waals surface area contributed by atoms with Crippen molar-refractivity contribution in [1.29, 1.82) is 0 Å². The summed E-state index contributed by atoms with van der Waals surface area (Å²) in [5, 5.41) is 0. The van der Waals surface area contributed by atoms with Crippen molar-refractivity contribution >= 4 is 15.2 Å². The zero-order valence-electron chi connectivity index (χ0n) is 14.8. The van der Waals surface area contributed by atoms with Crippen molar-refractivity contribution in [2.75, 3.05) is 18.2 Å². The van der Waals surface area contributed by atoms with Crippen molar-refractivity contribution in [3.63, 3.8) is 0 Å². The van der Waals surface area contributed by atoms with E-state index in [9.17, 15) is 14.0 Å². The molecule has 0 bridgehead atoms. The fourth-order valence-electron chi connectivity index (χ4n) is 2.83. The van der Waals surface area contributed by atoms with E-state index in [1.54, 1.807) is 0 Å². The van der Waals surface area contributed by atoms with E-state index >= 15 is 0 Å². The molecule has 1 unspecified atom stereocenters. The van der Waals surface area contributed by atoms with E-state index in [0.29, 0.717) is 12.3 Å². The Hall–Kier alpha value is 0.290. The molecule has 0 aromatic rings. The summed E-state index contributed by atoms with van der Waals surface area (Å²) < 4.78 is 24.0. The molecular formula is C17H37O3P2+. The molecule has 5 heteroatoms. The highest BCUT2D eigenvalue weighted by atomic mass is 31.2. The minimum atomic E-state index is -2.42. The Bertz CT molecular complexity index is 299. The molecule has 0 amide bonds. The third-order valence-corrected chi connectivity index (χ3v) is 9.51. The minimum Gasteiger partial charge on any atom is -0.319 e. The highest BCUT2D eigenvalue weighted by Gasteiger charge is 2.31. The van der Waals surface area contributed by atoms with Crippen LogP contribution in [0.3, 0.4) is 0 Å². The van der Waals surface area contributed by atoms with Crippen molar-refractivity contribution in [3.05, 3.63) is 0 Å². The maximum absolute atomic E-state index is 12.9. The van der Waals surface area contributed by atoms with Crippen LogP contribution in [0.25, 0.3) is 0 Å². The van der Waals surface area contributed by atoms with Crippen LogP contribution in [-0.2, 0) is 9.13 Å². The Morgan fingerprint density at radius 3 is 1.45 bits per heavy atom. The molecule has 0 saturated heterocycles. The molecule has 0 spiro atoms. The van der Waals surface area contributed by atoms with Gasteiger partial charge in [0.05, 0.1) is 0 Å². The standard InChI is InChI=1S/C17H36O3P2/c1-3-5-7-9-11-13-15-22(20,17-21(18)19)16-14-12-10-8-6-4-2/h3-17H2,1-2H3/p+1. The monoisotopic (exact) mass is 351 g/mol. The Morgan fingerprint density at radius 1 is 0.727 bits per heavy atom. The molecule has 0 rings (SSSR count). The predicted octanol–water partition coefficient (Wildman–Crippen LogP) is 6.76. The predicted molar refractivity (Wildman–Crippen MR) is 98.8 cm³/mol. The van der Waals surface area contributed by atoms with Gasteiger partial charge in [-0.3, -0.25) is 0 Å². The second kappa shape index (κ2) is 14.9. The lowest BCUT2D eigenvalue weighted by atomic mass is 10.1. The van der Waals surface area contributed by atoms with Gasteiger partial charge in [-0.1, -0.05) is 78.1 Å². The molecule has 132 valence electrons. The van der Waals surface area contributed by atoms with E-state index in [1.807, 2.05) is 0 Å². The van der Waals surface area contributed by atoms with E-state index in [2.05, 4.69) is 13.8 Å². The van der Waals surface area contributed by atoms with Crippen LogP contribution in [0.4, 0.5) is 0 Å². The van der Waals surface area contributed by atoms with Gasteiger partial charge in [-0.05, 0) is 17.4 Å². The molecule has 0 fully saturated rings. The number of rotatable bonds is 16. The quantitative estimate of drug-likeness (QED) is 0.247. The van der Waals surface area contributed by atoms with Gasteiger partial charge in [-0.2, -0.15) is 4.89 Å². The van der Waals surface area contributed by atoms with Crippen molar-refractivity contribution in [2.45, 2.75) is 90.9 Å². The fourth-order valence-corrected chi connectivity index (χ4v) is 7.55. The third-order valence-electron chi connectivity index (χ3n) is 4.22. The summed E-state index contributed by atoms with van der Waals surface area (Å²) in [6.07, 6.45) is 15.4. The Balaban J connectivity index is 3.96. The van der Waals surface area contributed by atoms with Crippen LogP contribution >= 0.6 is 15.2 Å². The molecule has 0 aromatic heterocycles. The molecule has 0 heterocycles. The van der Waals surface area contributed by atoms with Gasteiger partial charge in [-0.15, -0.1) is 0 Å². The third kappa shape index (κ3) is 13.9. The molecule has 0 aliphatic heterocycles. The lowest BCUT2D eigenvalue weighted by molar-refractivity contribution is 0.505. The van der Waals surface area contributed by atoms with E-state index in [1.165, 1.54) is 51.4 Å². The molecule has 0 radical (unpaired) electrons. The lowest BCUT2D eigenvalue weighted by Crippen LogP contribution is -1.99. The minimum absolute atomic E-state index is 0.0479. The van der Waals surface area contributed by atoms with Gasteiger partial charge in [0.15, 0.2) is 0 Å². The van der Waals surface area contributed by atoms with Gasteiger partial charge in [0, 0.05) is 12.3 Å². The van der Waals surface area contributed by atoms with Crippen molar-refractivity contribution in [2.24, 2.45) is 0 Å². The fraction of sp³-hybridized carbons (Fsp3) is 1.00. The van der Waals surface area contributed by atoms with Crippen LogP contribution in [0.2, 0.25) is 0 Å². The van der Waals surface area contributed by atoms with Gasteiger partial charge >= 0.3 is 8.03 Å². The smallest absolute Gasteiger partial charge is 0.319 e. The van der Waals surface area contributed by atoms with Crippen LogP contribution in [0, 0.1) is 0 Å². The summed E-state index contributed by atoms with van der Waals surface area (Å²) >= 11 is 0. The van der Waals surface area contributed by atoms with Gasteiger partial charge in [0.2, 0.25) is 5.90 Å². The summed E-state index contributed by atoms with van der Waals surface area (Å²) in [6.45, 7) is 4.40. The van der Waals surface area contributed by atoms with Crippen LogP contribution in [0.5, 0.6) is 0 Å². The molecule has 1 N–H and O–H groups in total. The Labute approximate surface area is 138 Å². The number of hydrogen-bond donors (Lipinski definition) is 1. The maximum Gasteiger partial charge on any atom is 0.513 e. The van der Waals surface area contributed by atoms with Crippen LogP contribution in [0.15, 0.2) is 0 Å². The highest BCUT2D eigenvalue weighted by Crippen LogP contribution is 2.53. The molecule has 3 nitrogen and oxygen atoms in total. The average molecular weight is 351 g/mol. The number of unbranched alkanes of at least 4 members (excludes halogenated alkanes) is 10. The molecule has 0 aromatic carbocycles. The first kappa shape index (κ1) is 22.3. The van der Waals surface area contributed by atoms with E-state index in [-0.39, 0.29) is 5.90 Å². The molecular weight excluding hydrogens is 314 g/mol. The summed E-state index contributed by atoms with van der Waals surface area (Å²) in [5.41, 5.74) is 0. The Kier molecular flexibility index (Phi) is 15.1. The molecule has 0 aliphatic rings. The van der Waals surface area contributed by atoms with E-state index in [0.717, 1.165) is 25.7 Å². The average Bonchev–Trinajstić information content (AvgIpc) is 2.46. The zero-order valence-corrected chi connectivity index (χ0v) is 16.6. The van der Waals surface area contributed by atoms with Crippen molar-refractivity contribution < 1.29 is 14.0 Å². The van der Waals surface area contributed by atoms with Gasteiger partial charge in [0.1, 0.15) is 7.14 Å². The molecule has 22 heavy (non-hydrogen) atoms. The maximum atomic E-state index is 12.9. The topological polar surface area (TPSA) is 54.4 Å². The molecule has 1 atom stereocenters. The largest absolute Gasteiger partial charge is 0.513 e.